The number of benzene rings is 1. The Morgan fingerprint density at radius 3 is 2.81 bits per heavy atom. The fourth-order valence-corrected chi connectivity index (χ4v) is 2.55. The van der Waals surface area contributed by atoms with Gasteiger partial charge in [0.05, 0.1) is 25.1 Å². The van der Waals surface area contributed by atoms with Crippen LogP contribution in [0.15, 0.2) is 42.6 Å². The van der Waals surface area contributed by atoms with E-state index >= 15 is 0 Å². The van der Waals surface area contributed by atoms with Gasteiger partial charge < -0.3 is 25.0 Å². The first kappa shape index (κ1) is 17.9. The van der Waals surface area contributed by atoms with E-state index in [1.54, 1.807) is 6.20 Å². The van der Waals surface area contributed by atoms with Crippen molar-refractivity contribution in [1.29, 1.82) is 0 Å². The fourth-order valence-electron chi connectivity index (χ4n) is 2.55. The lowest BCUT2D eigenvalue weighted by Gasteiger charge is -2.28. The molecule has 8 heteroatoms. The molecular weight excluding hydrogens is 334 g/mol. The van der Waals surface area contributed by atoms with Gasteiger partial charge in [-0.05, 0) is 12.1 Å². The highest BCUT2D eigenvalue weighted by molar-refractivity contribution is 5.77. The van der Waals surface area contributed by atoms with Crippen molar-refractivity contribution in [2.24, 2.45) is 0 Å². The van der Waals surface area contributed by atoms with E-state index in [1.807, 2.05) is 36.4 Å². The number of amides is 1. The number of ether oxygens (including phenoxy) is 2. The molecule has 0 spiro atoms. The number of aromatic nitrogens is 2. The van der Waals surface area contributed by atoms with Crippen molar-refractivity contribution in [2.75, 3.05) is 56.2 Å². The Morgan fingerprint density at radius 1 is 1.19 bits per heavy atom. The largest absolute Gasteiger partial charge is 0.484 e. The molecule has 2 N–H and O–H groups in total. The Balaban J connectivity index is 1.36. The highest BCUT2D eigenvalue weighted by atomic mass is 16.5. The van der Waals surface area contributed by atoms with Gasteiger partial charge in [-0.1, -0.05) is 18.2 Å². The normalized spacial score (nSPS) is 13.9. The molecule has 3 rings (SSSR count). The van der Waals surface area contributed by atoms with Gasteiger partial charge in [-0.3, -0.25) is 4.79 Å². The van der Waals surface area contributed by atoms with Crippen molar-refractivity contribution in [1.82, 2.24) is 15.5 Å². The Hall–Kier alpha value is -2.87. The third kappa shape index (κ3) is 5.59. The molecule has 2 aromatic rings. The van der Waals surface area contributed by atoms with Gasteiger partial charge in [-0.2, -0.15) is 5.10 Å². The zero-order valence-corrected chi connectivity index (χ0v) is 14.6. The lowest BCUT2D eigenvalue weighted by molar-refractivity contribution is -0.123. The minimum Gasteiger partial charge on any atom is -0.484 e. The van der Waals surface area contributed by atoms with Crippen LogP contribution < -0.4 is 20.3 Å². The molecule has 1 aliphatic heterocycles. The zero-order valence-electron chi connectivity index (χ0n) is 14.6. The third-order valence-corrected chi connectivity index (χ3v) is 3.88. The molecule has 0 aliphatic carbocycles. The van der Waals surface area contributed by atoms with E-state index in [1.165, 1.54) is 0 Å². The number of morpholine rings is 1. The van der Waals surface area contributed by atoms with E-state index in [0.717, 1.165) is 32.0 Å². The first-order valence-electron chi connectivity index (χ1n) is 8.65. The first-order valence-corrected chi connectivity index (χ1v) is 8.65. The maximum Gasteiger partial charge on any atom is 0.258 e. The molecule has 0 atom stereocenters. The van der Waals surface area contributed by atoms with Gasteiger partial charge in [-0.25, -0.2) is 0 Å². The van der Waals surface area contributed by atoms with Gasteiger partial charge in [0.15, 0.2) is 12.4 Å². The number of nitrogens with one attached hydrogen (secondary N) is 2. The Labute approximate surface area is 152 Å². The summed E-state index contributed by atoms with van der Waals surface area (Å²) in [7, 11) is 0. The van der Waals surface area contributed by atoms with Crippen LogP contribution in [0, 0.1) is 0 Å². The summed E-state index contributed by atoms with van der Waals surface area (Å²) >= 11 is 0. The maximum absolute atomic E-state index is 11.8. The first-order chi connectivity index (χ1) is 12.8. The third-order valence-electron chi connectivity index (χ3n) is 3.88. The molecule has 8 nitrogen and oxygen atoms in total. The molecule has 1 aromatic carbocycles. The zero-order chi connectivity index (χ0) is 18.0. The van der Waals surface area contributed by atoms with Crippen LogP contribution in [0.2, 0.25) is 0 Å². The molecule has 138 valence electrons. The molecule has 0 unspecified atom stereocenters. The summed E-state index contributed by atoms with van der Waals surface area (Å²) < 4.78 is 10.8. The number of hydrogen-bond acceptors (Lipinski definition) is 7. The van der Waals surface area contributed by atoms with Gasteiger partial charge >= 0.3 is 0 Å². The van der Waals surface area contributed by atoms with Crippen LogP contribution in [0.3, 0.4) is 0 Å². The summed E-state index contributed by atoms with van der Waals surface area (Å²) in [5, 5.41) is 14.1. The lowest BCUT2D eigenvalue weighted by atomic mass is 10.3. The average molecular weight is 357 g/mol. The van der Waals surface area contributed by atoms with E-state index in [0.29, 0.717) is 24.7 Å². The molecule has 0 bridgehead atoms. The smallest absolute Gasteiger partial charge is 0.258 e. The molecule has 1 fully saturated rings. The van der Waals surface area contributed by atoms with Crippen LogP contribution in [0.5, 0.6) is 5.75 Å². The molecule has 1 aliphatic rings. The highest BCUT2D eigenvalue weighted by Gasteiger charge is 2.12. The fraction of sp³-hybridized carbons (Fsp3) is 0.389. The lowest BCUT2D eigenvalue weighted by Crippen LogP contribution is -2.36. The van der Waals surface area contributed by atoms with Crippen LogP contribution in [0.1, 0.15) is 0 Å². The predicted molar refractivity (Wildman–Crippen MR) is 98.5 cm³/mol. The van der Waals surface area contributed by atoms with Gasteiger partial charge in [0.1, 0.15) is 5.75 Å². The molecule has 26 heavy (non-hydrogen) atoms. The van der Waals surface area contributed by atoms with Crippen molar-refractivity contribution in [2.45, 2.75) is 0 Å². The number of nitrogens with zero attached hydrogens (tertiary/aromatic N) is 3. The SMILES string of the molecule is O=C(COc1ccccc1)NCCNc1cc(N2CCOCC2)cnn1. The monoisotopic (exact) mass is 357 g/mol. The molecule has 1 saturated heterocycles. The van der Waals surface area contributed by atoms with Crippen LogP contribution >= 0.6 is 0 Å². The van der Waals surface area contributed by atoms with Gasteiger partial charge in [-0.15, -0.1) is 5.10 Å². The molecule has 0 saturated carbocycles. The quantitative estimate of drug-likeness (QED) is 0.679. The van der Waals surface area contributed by atoms with E-state index in [-0.39, 0.29) is 12.5 Å². The minimum atomic E-state index is -0.163. The Bertz CT molecular complexity index is 692. The second-order valence-corrected chi connectivity index (χ2v) is 5.78. The van der Waals surface area contributed by atoms with E-state index in [9.17, 15) is 4.79 Å². The Morgan fingerprint density at radius 2 is 2.00 bits per heavy atom. The number of carbonyl (C=O) groups is 1. The number of carbonyl (C=O) groups excluding carboxylic acids is 1. The summed E-state index contributed by atoms with van der Waals surface area (Å²) in [6.45, 7) is 4.17. The summed E-state index contributed by atoms with van der Waals surface area (Å²) in [6, 6.07) is 11.2. The van der Waals surface area contributed by atoms with E-state index < -0.39 is 0 Å². The van der Waals surface area contributed by atoms with E-state index in [2.05, 4.69) is 25.7 Å². The van der Waals surface area contributed by atoms with Crippen molar-refractivity contribution in [3.05, 3.63) is 42.6 Å². The summed E-state index contributed by atoms with van der Waals surface area (Å²) in [5.41, 5.74) is 1.02. The standard InChI is InChI=1S/C18H23N5O3/c24-18(14-26-16-4-2-1-3-5-16)20-7-6-19-17-12-15(13-21-22-17)23-8-10-25-11-9-23/h1-5,12-13H,6-11,14H2,(H,19,22)(H,20,24). The summed E-state index contributed by atoms with van der Waals surface area (Å²) in [6.07, 6.45) is 1.75. The topological polar surface area (TPSA) is 88.6 Å². The highest BCUT2D eigenvalue weighted by Crippen LogP contribution is 2.16. The van der Waals surface area contributed by atoms with Crippen molar-refractivity contribution >= 4 is 17.4 Å². The molecule has 1 amide bonds. The van der Waals surface area contributed by atoms with Gasteiger partial charge in [0.25, 0.3) is 5.91 Å². The average Bonchev–Trinajstić information content (AvgIpc) is 2.71. The Kier molecular flexibility index (Phi) is 6.60. The van der Waals surface area contributed by atoms with Gasteiger partial charge in [0, 0.05) is 32.2 Å². The summed E-state index contributed by atoms with van der Waals surface area (Å²) in [5.74, 6) is 1.20. The molecule has 2 heterocycles. The van der Waals surface area contributed by atoms with Gasteiger partial charge in [0.2, 0.25) is 0 Å². The number of anilines is 2. The summed E-state index contributed by atoms with van der Waals surface area (Å²) in [4.78, 5) is 14.0. The van der Waals surface area contributed by atoms with Crippen LogP contribution in [-0.2, 0) is 9.53 Å². The van der Waals surface area contributed by atoms with Crippen molar-refractivity contribution < 1.29 is 14.3 Å². The number of rotatable bonds is 8. The molecular formula is C18H23N5O3. The van der Waals surface area contributed by atoms with E-state index in [4.69, 9.17) is 9.47 Å². The van der Waals surface area contributed by atoms with Crippen LogP contribution in [-0.4, -0.2) is 62.1 Å². The van der Waals surface area contributed by atoms with Crippen LogP contribution in [0.4, 0.5) is 11.5 Å². The number of para-hydroxylation sites is 1. The minimum absolute atomic E-state index is 0.00364. The predicted octanol–water partition coefficient (Wildman–Crippen LogP) is 0.920. The van der Waals surface area contributed by atoms with Crippen molar-refractivity contribution in [3.8, 4) is 5.75 Å². The maximum atomic E-state index is 11.8. The van der Waals surface area contributed by atoms with Crippen LogP contribution in [0.25, 0.3) is 0 Å². The second kappa shape index (κ2) is 9.57. The number of hydrogen-bond donors (Lipinski definition) is 2. The second-order valence-electron chi connectivity index (χ2n) is 5.78. The molecule has 0 radical (unpaired) electrons. The van der Waals surface area contributed by atoms with Crippen molar-refractivity contribution in [3.63, 3.8) is 0 Å². The molecule has 1 aromatic heterocycles.